The van der Waals surface area contributed by atoms with E-state index >= 15 is 0 Å². The minimum absolute atomic E-state index is 0.00593. The molecule has 0 saturated carbocycles. The van der Waals surface area contributed by atoms with Gasteiger partial charge in [0.25, 0.3) is 0 Å². The lowest BCUT2D eigenvalue weighted by molar-refractivity contribution is -0.124. The van der Waals surface area contributed by atoms with Crippen LogP contribution < -0.4 is 5.32 Å². The van der Waals surface area contributed by atoms with Gasteiger partial charge in [-0.25, -0.2) is 4.98 Å². The van der Waals surface area contributed by atoms with Crippen molar-refractivity contribution in [3.05, 3.63) is 90.0 Å². The molecule has 0 unspecified atom stereocenters. The Balaban J connectivity index is 1.35. The van der Waals surface area contributed by atoms with Gasteiger partial charge in [0.1, 0.15) is 5.82 Å². The molecule has 0 radical (unpaired) electrons. The molecule has 0 atom stereocenters. The molecule has 1 saturated heterocycles. The lowest BCUT2D eigenvalue weighted by Crippen LogP contribution is -2.49. The first-order valence-corrected chi connectivity index (χ1v) is 10.8. The largest absolute Gasteiger partial charge is 0.388 e. The predicted molar refractivity (Wildman–Crippen MR) is 120 cm³/mol. The van der Waals surface area contributed by atoms with Crippen LogP contribution in [0.1, 0.15) is 35.8 Å². The highest BCUT2D eigenvalue weighted by molar-refractivity contribution is 5.79. The van der Waals surface area contributed by atoms with E-state index in [0.29, 0.717) is 39.0 Å². The number of aliphatic hydroxyl groups is 1. The number of carbonyl (C=O) groups is 1. The van der Waals surface area contributed by atoms with Crippen molar-refractivity contribution in [2.24, 2.45) is 0 Å². The van der Waals surface area contributed by atoms with E-state index < -0.39 is 5.60 Å². The van der Waals surface area contributed by atoms with Crippen LogP contribution >= 0.6 is 0 Å². The number of imidazole rings is 1. The molecule has 1 fully saturated rings. The number of likely N-dealkylation sites (tertiary alicyclic amines) is 1. The zero-order valence-corrected chi connectivity index (χ0v) is 17.9. The third kappa shape index (κ3) is 5.40. The Bertz CT molecular complexity index is 940. The molecule has 0 bridgehead atoms. The average molecular weight is 419 g/mol. The SMILES string of the molecule is Cc1nccn1CC1(O)CCN(CC(=O)NC(c2ccccc2)c2ccccc2)CC1. The molecule has 162 valence electrons. The van der Waals surface area contributed by atoms with E-state index in [4.69, 9.17) is 0 Å². The van der Waals surface area contributed by atoms with Crippen molar-refractivity contribution in [2.45, 2.75) is 38.0 Å². The molecule has 0 spiro atoms. The molecule has 1 amide bonds. The molecule has 6 heteroatoms. The number of hydrogen-bond donors (Lipinski definition) is 2. The average Bonchev–Trinajstić information content (AvgIpc) is 3.19. The maximum absolute atomic E-state index is 12.9. The normalized spacial score (nSPS) is 16.4. The zero-order valence-electron chi connectivity index (χ0n) is 17.9. The van der Waals surface area contributed by atoms with E-state index in [-0.39, 0.29) is 11.9 Å². The number of nitrogens with zero attached hydrogens (tertiary/aromatic N) is 3. The number of hydrogen-bond acceptors (Lipinski definition) is 4. The fourth-order valence-electron chi connectivity index (χ4n) is 4.23. The molecule has 1 aromatic heterocycles. The molecular formula is C25H30N4O2. The summed E-state index contributed by atoms with van der Waals surface area (Å²) in [4.78, 5) is 19.3. The number of rotatable bonds is 7. The molecule has 2 heterocycles. The van der Waals surface area contributed by atoms with Gasteiger partial charge in [-0.05, 0) is 30.9 Å². The fraction of sp³-hybridized carbons (Fsp3) is 0.360. The van der Waals surface area contributed by atoms with Crippen molar-refractivity contribution < 1.29 is 9.90 Å². The van der Waals surface area contributed by atoms with Gasteiger partial charge in [-0.15, -0.1) is 0 Å². The minimum atomic E-state index is -0.755. The Labute approximate surface area is 183 Å². The summed E-state index contributed by atoms with van der Waals surface area (Å²) in [6.45, 7) is 4.20. The first-order chi connectivity index (χ1) is 15.0. The highest BCUT2D eigenvalue weighted by atomic mass is 16.3. The number of carbonyl (C=O) groups excluding carboxylic acids is 1. The Morgan fingerprint density at radius 2 is 1.65 bits per heavy atom. The fourth-order valence-corrected chi connectivity index (χ4v) is 4.23. The van der Waals surface area contributed by atoms with Gasteiger partial charge in [0.15, 0.2) is 0 Å². The van der Waals surface area contributed by atoms with Crippen LogP contribution in [0.25, 0.3) is 0 Å². The summed E-state index contributed by atoms with van der Waals surface area (Å²) in [6.07, 6.45) is 4.94. The molecule has 31 heavy (non-hydrogen) atoms. The van der Waals surface area contributed by atoms with Crippen molar-refractivity contribution >= 4 is 5.91 Å². The summed E-state index contributed by atoms with van der Waals surface area (Å²) in [7, 11) is 0. The molecule has 2 aromatic carbocycles. The van der Waals surface area contributed by atoms with E-state index in [9.17, 15) is 9.90 Å². The highest BCUT2D eigenvalue weighted by Gasteiger charge is 2.33. The monoisotopic (exact) mass is 418 g/mol. The smallest absolute Gasteiger partial charge is 0.234 e. The van der Waals surface area contributed by atoms with Gasteiger partial charge >= 0.3 is 0 Å². The number of nitrogens with one attached hydrogen (secondary N) is 1. The zero-order chi connectivity index (χ0) is 21.7. The second-order valence-electron chi connectivity index (χ2n) is 8.42. The van der Waals surface area contributed by atoms with Crippen LogP contribution in [0.2, 0.25) is 0 Å². The van der Waals surface area contributed by atoms with Crippen molar-refractivity contribution in [3.8, 4) is 0 Å². The second-order valence-corrected chi connectivity index (χ2v) is 8.42. The van der Waals surface area contributed by atoms with E-state index in [2.05, 4.69) is 15.2 Å². The van der Waals surface area contributed by atoms with Gasteiger partial charge in [-0.3, -0.25) is 9.69 Å². The van der Waals surface area contributed by atoms with Crippen LogP contribution in [-0.2, 0) is 11.3 Å². The standard InChI is InChI=1S/C25H30N4O2/c1-20-26-14-17-29(20)19-25(31)12-15-28(16-13-25)18-23(30)27-24(21-8-4-2-5-9-21)22-10-6-3-7-11-22/h2-11,14,17,24,31H,12-13,15-16,18-19H2,1H3,(H,27,30). The summed E-state index contributed by atoms with van der Waals surface area (Å²) in [6, 6.07) is 19.9. The Morgan fingerprint density at radius 1 is 1.06 bits per heavy atom. The number of aromatic nitrogens is 2. The lowest BCUT2D eigenvalue weighted by atomic mass is 9.91. The van der Waals surface area contributed by atoms with E-state index in [1.165, 1.54) is 0 Å². The van der Waals surface area contributed by atoms with Gasteiger partial charge in [-0.1, -0.05) is 60.7 Å². The first-order valence-electron chi connectivity index (χ1n) is 10.8. The second kappa shape index (κ2) is 9.45. The lowest BCUT2D eigenvalue weighted by Gasteiger charge is -2.38. The molecular weight excluding hydrogens is 388 g/mol. The molecule has 1 aliphatic heterocycles. The van der Waals surface area contributed by atoms with Crippen molar-refractivity contribution in [1.82, 2.24) is 19.8 Å². The van der Waals surface area contributed by atoms with Gasteiger partial charge in [0.2, 0.25) is 5.91 Å². The number of benzene rings is 2. The highest BCUT2D eigenvalue weighted by Crippen LogP contribution is 2.25. The van der Waals surface area contributed by atoms with Crippen LogP contribution in [0.3, 0.4) is 0 Å². The molecule has 2 N–H and O–H groups in total. The molecule has 1 aliphatic rings. The van der Waals surface area contributed by atoms with Crippen LogP contribution in [0.4, 0.5) is 0 Å². The maximum Gasteiger partial charge on any atom is 0.234 e. The van der Waals surface area contributed by atoms with Crippen molar-refractivity contribution in [1.29, 1.82) is 0 Å². The Morgan fingerprint density at radius 3 is 2.16 bits per heavy atom. The number of amides is 1. The van der Waals surface area contributed by atoms with Gasteiger partial charge < -0.3 is 15.0 Å². The quantitative estimate of drug-likeness (QED) is 0.619. The molecule has 4 rings (SSSR count). The maximum atomic E-state index is 12.9. The number of aryl methyl sites for hydroxylation is 1. The van der Waals surface area contributed by atoms with E-state index in [0.717, 1.165) is 17.0 Å². The summed E-state index contributed by atoms with van der Waals surface area (Å²) < 4.78 is 1.99. The molecule has 3 aromatic rings. The summed E-state index contributed by atoms with van der Waals surface area (Å²) in [5.74, 6) is 0.900. The number of piperidine rings is 1. The summed E-state index contributed by atoms with van der Waals surface area (Å²) in [5, 5.41) is 14.2. The minimum Gasteiger partial charge on any atom is -0.388 e. The van der Waals surface area contributed by atoms with Crippen LogP contribution in [0.15, 0.2) is 73.1 Å². The Kier molecular flexibility index (Phi) is 6.49. The van der Waals surface area contributed by atoms with Crippen molar-refractivity contribution in [3.63, 3.8) is 0 Å². The Hall–Kier alpha value is -2.96. The topological polar surface area (TPSA) is 70.4 Å². The van der Waals surface area contributed by atoms with Crippen LogP contribution in [-0.4, -0.2) is 50.7 Å². The first kappa shape index (κ1) is 21.3. The van der Waals surface area contributed by atoms with Crippen molar-refractivity contribution in [2.75, 3.05) is 19.6 Å². The van der Waals surface area contributed by atoms with Crippen LogP contribution in [0, 0.1) is 6.92 Å². The summed E-state index contributed by atoms with van der Waals surface area (Å²) >= 11 is 0. The third-order valence-corrected chi connectivity index (χ3v) is 6.11. The van der Waals surface area contributed by atoms with E-state index in [1.54, 1.807) is 6.20 Å². The van der Waals surface area contributed by atoms with Gasteiger partial charge in [0.05, 0.1) is 24.7 Å². The molecule has 6 nitrogen and oxygen atoms in total. The van der Waals surface area contributed by atoms with E-state index in [1.807, 2.05) is 78.4 Å². The van der Waals surface area contributed by atoms with Gasteiger partial charge in [-0.2, -0.15) is 0 Å². The molecule has 0 aliphatic carbocycles. The van der Waals surface area contributed by atoms with Gasteiger partial charge in [0, 0.05) is 25.5 Å². The predicted octanol–water partition coefficient (Wildman–Crippen LogP) is 2.92. The van der Waals surface area contributed by atoms with Crippen LogP contribution in [0.5, 0.6) is 0 Å². The third-order valence-electron chi connectivity index (χ3n) is 6.11. The summed E-state index contributed by atoms with van der Waals surface area (Å²) in [5.41, 5.74) is 1.37.